The van der Waals surface area contributed by atoms with E-state index in [0.717, 1.165) is 42.7 Å². The Morgan fingerprint density at radius 1 is 1.33 bits per heavy atom. The number of rotatable bonds is 4. The molecule has 1 aliphatic rings. The summed E-state index contributed by atoms with van der Waals surface area (Å²) >= 11 is 0. The number of nitrogens with one attached hydrogen (secondary N) is 1. The highest BCUT2D eigenvalue weighted by Gasteiger charge is 2.20. The van der Waals surface area contributed by atoms with E-state index in [1.54, 1.807) is 6.33 Å². The van der Waals surface area contributed by atoms with Crippen LogP contribution in [0.25, 0.3) is 0 Å². The molecule has 21 heavy (non-hydrogen) atoms. The summed E-state index contributed by atoms with van der Waals surface area (Å²) in [4.78, 5) is 11.3. The Morgan fingerprint density at radius 3 is 2.95 bits per heavy atom. The van der Waals surface area contributed by atoms with Crippen molar-refractivity contribution in [3.8, 4) is 0 Å². The Balaban J connectivity index is 1.73. The van der Waals surface area contributed by atoms with Crippen molar-refractivity contribution in [2.75, 3.05) is 11.4 Å². The molecule has 1 aliphatic heterocycles. The third-order valence-electron chi connectivity index (χ3n) is 3.69. The largest absolute Gasteiger partial charge is 0.331 e. The van der Waals surface area contributed by atoms with Crippen LogP contribution in [0.2, 0.25) is 0 Å². The van der Waals surface area contributed by atoms with Gasteiger partial charge in [0.05, 0.1) is 6.54 Å². The van der Waals surface area contributed by atoms with Crippen LogP contribution in [0.4, 0.5) is 5.95 Å². The third kappa shape index (κ3) is 3.02. The van der Waals surface area contributed by atoms with Crippen LogP contribution < -0.4 is 10.2 Å². The summed E-state index contributed by atoms with van der Waals surface area (Å²) < 4.78 is 2.07. The predicted molar refractivity (Wildman–Crippen MR) is 79.8 cm³/mol. The molecule has 0 aromatic carbocycles. The molecule has 0 aliphatic carbocycles. The van der Waals surface area contributed by atoms with Crippen molar-refractivity contribution in [2.45, 2.75) is 46.4 Å². The molecule has 0 bridgehead atoms. The average molecular weight is 287 g/mol. The highest BCUT2D eigenvalue weighted by molar-refractivity contribution is 5.34. The van der Waals surface area contributed by atoms with Crippen LogP contribution in [-0.4, -0.2) is 37.3 Å². The van der Waals surface area contributed by atoms with Gasteiger partial charge < -0.3 is 14.8 Å². The zero-order valence-electron chi connectivity index (χ0n) is 12.7. The van der Waals surface area contributed by atoms with E-state index in [-0.39, 0.29) is 0 Å². The van der Waals surface area contributed by atoms with E-state index in [9.17, 15) is 0 Å². The third-order valence-corrected chi connectivity index (χ3v) is 3.69. The molecule has 0 atom stereocenters. The number of aromatic nitrogens is 5. The second kappa shape index (κ2) is 5.77. The van der Waals surface area contributed by atoms with E-state index in [4.69, 9.17) is 0 Å². The summed E-state index contributed by atoms with van der Waals surface area (Å²) in [6.07, 6.45) is 3.70. The number of anilines is 1. The first-order valence-electron chi connectivity index (χ1n) is 7.31. The Bertz CT molecular complexity index is 620. The molecule has 3 rings (SSSR count). The Labute approximate surface area is 124 Å². The highest BCUT2D eigenvalue weighted by atomic mass is 15.4. The lowest BCUT2D eigenvalue weighted by Gasteiger charge is -2.27. The molecule has 0 radical (unpaired) electrons. The van der Waals surface area contributed by atoms with Crippen molar-refractivity contribution >= 4 is 5.95 Å². The molecule has 0 amide bonds. The van der Waals surface area contributed by atoms with Gasteiger partial charge in [-0.25, -0.2) is 9.97 Å². The van der Waals surface area contributed by atoms with Crippen molar-refractivity contribution in [3.63, 3.8) is 0 Å². The molecule has 2 aromatic heterocycles. The van der Waals surface area contributed by atoms with Crippen molar-refractivity contribution in [3.05, 3.63) is 29.6 Å². The molecule has 0 saturated heterocycles. The Kier molecular flexibility index (Phi) is 3.83. The molecule has 7 heteroatoms. The smallest absolute Gasteiger partial charge is 0.225 e. The van der Waals surface area contributed by atoms with Crippen LogP contribution in [-0.2, 0) is 19.6 Å². The second-order valence-electron chi connectivity index (χ2n) is 5.68. The summed E-state index contributed by atoms with van der Waals surface area (Å²) in [7, 11) is 0. The Hall–Kier alpha value is -2.02. The van der Waals surface area contributed by atoms with Gasteiger partial charge in [-0.05, 0) is 6.92 Å². The summed E-state index contributed by atoms with van der Waals surface area (Å²) in [5, 5.41) is 11.5. The van der Waals surface area contributed by atoms with Crippen LogP contribution in [0.1, 0.15) is 30.9 Å². The van der Waals surface area contributed by atoms with Gasteiger partial charge in [-0.1, -0.05) is 13.8 Å². The van der Waals surface area contributed by atoms with Gasteiger partial charge in [-0.2, -0.15) is 0 Å². The average Bonchev–Trinajstić information content (AvgIpc) is 2.93. The van der Waals surface area contributed by atoms with Crippen molar-refractivity contribution in [2.24, 2.45) is 0 Å². The number of aryl methyl sites for hydroxylation is 1. The lowest BCUT2D eigenvalue weighted by atomic mass is 10.2. The minimum absolute atomic E-state index is 0.456. The van der Waals surface area contributed by atoms with E-state index in [2.05, 4.69) is 48.8 Å². The molecule has 3 heterocycles. The summed E-state index contributed by atoms with van der Waals surface area (Å²) in [5.41, 5.74) is 2.17. The standard InChI is InChI=1S/C14H21N7/c1-10(2)15-6-12-7-16-14(18-11(12)3)20-4-5-21-9-17-19-13(21)8-20/h7,9-10,15H,4-6,8H2,1-3H3. The zero-order valence-corrected chi connectivity index (χ0v) is 12.7. The Morgan fingerprint density at radius 2 is 2.19 bits per heavy atom. The van der Waals surface area contributed by atoms with Crippen LogP contribution >= 0.6 is 0 Å². The summed E-state index contributed by atoms with van der Waals surface area (Å²) in [5.74, 6) is 1.74. The lowest BCUT2D eigenvalue weighted by molar-refractivity contribution is 0.549. The fraction of sp³-hybridized carbons (Fsp3) is 0.571. The molecule has 112 valence electrons. The van der Waals surface area contributed by atoms with E-state index >= 15 is 0 Å². The van der Waals surface area contributed by atoms with E-state index in [0.29, 0.717) is 12.6 Å². The fourth-order valence-electron chi connectivity index (χ4n) is 2.36. The number of hydrogen-bond acceptors (Lipinski definition) is 6. The predicted octanol–water partition coefficient (Wildman–Crippen LogP) is 0.895. The molecule has 2 aromatic rings. The van der Waals surface area contributed by atoms with E-state index < -0.39 is 0 Å². The van der Waals surface area contributed by atoms with Gasteiger partial charge in [0.2, 0.25) is 5.95 Å². The van der Waals surface area contributed by atoms with Gasteiger partial charge in [0, 0.05) is 43.1 Å². The molecule has 7 nitrogen and oxygen atoms in total. The van der Waals surface area contributed by atoms with Crippen molar-refractivity contribution in [1.82, 2.24) is 30.0 Å². The summed E-state index contributed by atoms with van der Waals surface area (Å²) in [6.45, 7) is 9.58. The normalized spacial score (nSPS) is 14.6. The van der Waals surface area contributed by atoms with Gasteiger partial charge in [0.25, 0.3) is 0 Å². The second-order valence-corrected chi connectivity index (χ2v) is 5.68. The van der Waals surface area contributed by atoms with Crippen LogP contribution in [0.3, 0.4) is 0 Å². The van der Waals surface area contributed by atoms with Crippen molar-refractivity contribution in [1.29, 1.82) is 0 Å². The van der Waals surface area contributed by atoms with Gasteiger partial charge in [0.1, 0.15) is 6.33 Å². The van der Waals surface area contributed by atoms with E-state index in [1.807, 2.05) is 13.1 Å². The molecule has 0 unspecified atom stereocenters. The van der Waals surface area contributed by atoms with Crippen LogP contribution in [0.5, 0.6) is 0 Å². The van der Waals surface area contributed by atoms with Crippen LogP contribution in [0.15, 0.2) is 12.5 Å². The molecular formula is C14H21N7. The quantitative estimate of drug-likeness (QED) is 0.900. The molecule has 1 N–H and O–H groups in total. The maximum absolute atomic E-state index is 4.65. The molecule has 0 fully saturated rings. The van der Waals surface area contributed by atoms with E-state index in [1.165, 1.54) is 0 Å². The van der Waals surface area contributed by atoms with Gasteiger partial charge in [0.15, 0.2) is 5.82 Å². The highest BCUT2D eigenvalue weighted by Crippen LogP contribution is 2.17. The minimum atomic E-state index is 0.456. The molecular weight excluding hydrogens is 266 g/mol. The van der Waals surface area contributed by atoms with Gasteiger partial charge in [-0.3, -0.25) is 0 Å². The maximum Gasteiger partial charge on any atom is 0.225 e. The summed E-state index contributed by atoms with van der Waals surface area (Å²) in [6, 6.07) is 0.456. The monoisotopic (exact) mass is 287 g/mol. The van der Waals surface area contributed by atoms with Crippen LogP contribution in [0, 0.1) is 6.92 Å². The first kappa shape index (κ1) is 13.9. The first-order valence-corrected chi connectivity index (χ1v) is 7.31. The number of hydrogen-bond donors (Lipinski definition) is 1. The number of nitrogens with zero attached hydrogens (tertiary/aromatic N) is 6. The van der Waals surface area contributed by atoms with Gasteiger partial charge in [-0.15, -0.1) is 10.2 Å². The SMILES string of the molecule is Cc1nc(N2CCn3cnnc3C2)ncc1CNC(C)C. The van der Waals surface area contributed by atoms with Gasteiger partial charge >= 0.3 is 0 Å². The molecule has 0 spiro atoms. The topological polar surface area (TPSA) is 71.8 Å². The lowest BCUT2D eigenvalue weighted by Crippen LogP contribution is -2.35. The fourth-order valence-corrected chi connectivity index (χ4v) is 2.36. The molecule has 0 saturated carbocycles. The maximum atomic E-state index is 4.65. The minimum Gasteiger partial charge on any atom is -0.331 e. The van der Waals surface area contributed by atoms with Crippen molar-refractivity contribution < 1.29 is 0 Å². The zero-order chi connectivity index (χ0) is 14.8. The number of fused-ring (bicyclic) bond motifs is 1. The first-order chi connectivity index (χ1) is 10.1.